The minimum Gasteiger partial charge on any atom is -0.398 e. The summed E-state index contributed by atoms with van der Waals surface area (Å²) in [6.45, 7) is 20.0. The Kier molecular flexibility index (Phi) is 7.87. The van der Waals surface area contributed by atoms with Crippen molar-refractivity contribution in [2.45, 2.75) is 86.0 Å². The lowest BCUT2D eigenvalue weighted by molar-refractivity contribution is 0.839. The molecule has 0 unspecified atom stereocenters. The first kappa shape index (κ1) is 26.3. The van der Waals surface area contributed by atoms with Gasteiger partial charge in [-0.3, -0.25) is 0 Å². The maximum absolute atomic E-state index is 6.65. The molecule has 0 saturated carbocycles. The molecular formula is C31H41BrN2. The maximum atomic E-state index is 6.65. The molecule has 0 aliphatic carbocycles. The fraction of sp³-hybridized carbons (Fsp3) is 0.419. The molecule has 0 saturated heterocycles. The van der Waals surface area contributed by atoms with E-state index in [2.05, 4.69) is 115 Å². The van der Waals surface area contributed by atoms with Crippen LogP contribution in [-0.4, -0.2) is 0 Å². The lowest BCUT2D eigenvalue weighted by Gasteiger charge is -2.24. The number of nitrogens with two attached hydrogens (primary N) is 2. The standard InChI is InChI=1S/C31H41BrN2/c1-16(2)23-12-21(13-24(17(3)4)30(23)33)28-20(9)10-11-27(32)29(28)22-14-25(18(5)6)31(34)26(15-22)19(7)8/h10-19H,33-34H2,1-9H3. The van der Waals surface area contributed by atoms with Gasteiger partial charge in [0.25, 0.3) is 0 Å². The van der Waals surface area contributed by atoms with E-state index in [9.17, 15) is 0 Å². The van der Waals surface area contributed by atoms with E-state index < -0.39 is 0 Å². The zero-order valence-corrected chi connectivity index (χ0v) is 23.9. The van der Waals surface area contributed by atoms with Crippen LogP contribution in [0.4, 0.5) is 11.4 Å². The van der Waals surface area contributed by atoms with Crippen molar-refractivity contribution in [1.82, 2.24) is 0 Å². The van der Waals surface area contributed by atoms with Crippen LogP contribution in [0, 0.1) is 6.92 Å². The summed E-state index contributed by atoms with van der Waals surface area (Å²) in [7, 11) is 0. The van der Waals surface area contributed by atoms with Gasteiger partial charge in [-0.15, -0.1) is 0 Å². The smallest absolute Gasteiger partial charge is 0.0384 e. The highest BCUT2D eigenvalue weighted by atomic mass is 79.9. The Morgan fingerprint density at radius 1 is 0.559 bits per heavy atom. The highest BCUT2D eigenvalue weighted by molar-refractivity contribution is 9.10. The second-order valence-electron chi connectivity index (χ2n) is 10.9. The molecule has 3 heteroatoms. The monoisotopic (exact) mass is 520 g/mol. The fourth-order valence-corrected chi connectivity index (χ4v) is 5.49. The van der Waals surface area contributed by atoms with Gasteiger partial charge in [-0.1, -0.05) is 77.4 Å². The number of nitrogen functional groups attached to an aromatic ring is 2. The summed E-state index contributed by atoms with van der Waals surface area (Å²) in [4.78, 5) is 0. The topological polar surface area (TPSA) is 52.0 Å². The Balaban J connectivity index is 2.44. The highest BCUT2D eigenvalue weighted by Gasteiger charge is 2.21. The molecule has 0 spiro atoms. The molecule has 0 atom stereocenters. The van der Waals surface area contributed by atoms with Crippen molar-refractivity contribution in [3.05, 3.63) is 68.7 Å². The van der Waals surface area contributed by atoms with Gasteiger partial charge in [0.05, 0.1) is 0 Å². The summed E-state index contributed by atoms with van der Waals surface area (Å²) in [5, 5.41) is 0. The lowest BCUT2D eigenvalue weighted by atomic mass is 9.83. The van der Waals surface area contributed by atoms with Gasteiger partial charge >= 0.3 is 0 Å². The van der Waals surface area contributed by atoms with Gasteiger partial charge < -0.3 is 11.5 Å². The van der Waals surface area contributed by atoms with Crippen LogP contribution in [0.1, 0.15) is 107 Å². The van der Waals surface area contributed by atoms with Gasteiger partial charge in [0.15, 0.2) is 0 Å². The van der Waals surface area contributed by atoms with Gasteiger partial charge in [-0.05, 0) is 105 Å². The minimum absolute atomic E-state index is 0.348. The van der Waals surface area contributed by atoms with Crippen LogP contribution in [-0.2, 0) is 0 Å². The lowest BCUT2D eigenvalue weighted by Crippen LogP contribution is -2.06. The zero-order chi connectivity index (χ0) is 25.5. The predicted octanol–water partition coefficient (Wildman–Crippen LogP) is 9.75. The highest BCUT2D eigenvalue weighted by Crippen LogP contribution is 2.45. The van der Waals surface area contributed by atoms with E-state index in [1.165, 1.54) is 50.1 Å². The third kappa shape index (κ3) is 4.91. The van der Waals surface area contributed by atoms with Gasteiger partial charge in [0, 0.05) is 21.4 Å². The molecule has 0 bridgehead atoms. The summed E-state index contributed by atoms with van der Waals surface area (Å²) >= 11 is 3.91. The zero-order valence-electron chi connectivity index (χ0n) is 22.3. The van der Waals surface area contributed by atoms with E-state index in [-0.39, 0.29) is 0 Å². The first-order chi connectivity index (χ1) is 15.8. The summed E-state index contributed by atoms with van der Waals surface area (Å²) < 4.78 is 1.09. The van der Waals surface area contributed by atoms with Crippen LogP contribution in [0.15, 0.2) is 40.9 Å². The van der Waals surface area contributed by atoms with E-state index in [1.54, 1.807) is 0 Å². The Morgan fingerprint density at radius 3 is 1.21 bits per heavy atom. The van der Waals surface area contributed by atoms with E-state index >= 15 is 0 Å². The first-order valence-electron chi connectivity index (χ1n) is 12.5. The molecule has 2 nitrogen and oxygen atoms in total. The fourth-order valence-electron chi connectivity index (χ4n) is 4.93. The Morgan fingerprint density at radius 2 is 0.882 bits per heavy atom. The molecule has 182 valence electrons. The normalized spacial score (nSPS) is 11.9. The second-order valence-corrected chi connectivity index (χ2v) is 11.7. The van der Waals surface area contributed by atoms with Gasteiger partial charge in [0.2, 0.25) is 0 Å². The Bertz CT molecular complexity index is 1050. The van der Waals surface area contributed by atoms with Gasteiger partial charge in [-0.25, -0.2) is 0 Å². The number of aryl methyl sites for hydroxylation is 1. The largest absolute Gasteiger partial charge is 0.398 e. The quantitative estimate of drug-likeness (QED) is 0.317. The predicted molar refractivity (Wildman–Crippen MR) is 155 cm³/mol. The van der Waals surface area contributed by atoms with E-state index in [0.29, 0.717) is 23.7 Å². The molecule has 0 aromatic heterocycles. The van der Waals surface area contributed by atoms with E-state index in [1.807, 2.05) is 0 Å². The molecule has 0 heterocycles. The number of benzene rings is 3. The van der Waals surface area contributed by atoms with Crippen molar-refractivity contribution in [2.24, 2.45) is 0 Å². The molecule has 0 radical (unpaired) electrons. The summed E-state index contributed by atoms with van der Waals surface area (Å²) in [6, 6.07) is 13.5. The first-order valence-corrected chi connectivity index (χ1v) is 13.3. The molecule has 0 fully saturated rings. The molecule has 34 heavy (non-hydrogen) atoms. The summed E-state index contributed by atoms with van der Waals surface area (Å²) in [5.41, 5.74) is 26.2. The average Bonchev–Trinajstić information content (AvgIpc) is 2.75. The molecule has 0 amide bonds. The van der Waals surface area contributed by atoms with Crippen LogP contribution in [0.3, 0.4) is 0 Å². The number of anilines is 2. The summed E-state index contributed by atoms with van der Waals surface area (Å²) in [6.07, 6.45) is 0. The Labute approximate surface area is 215 Å². The van der Waals surface area contributed by atoms with Crippen molar-refractivity contribution in [3.8, 4) is 22.3 Å². The Hall–Kier alpha value is -2.26. The van der Waals surface area contributed by atoms with Crippen LogP contribution in [0.5, 0.6) is 0 Å². The average molecular weight is 522 g/mol. The molecule has 4 N–H and O–H groups in total. The molecule has 0 aliphatic rings. The molecule has 3 aromatic rings. The van der Waals surface area contributed by atoms with Crippen molar-refractivity contribution >= 4 is 27.3 Å². The van der Waals surface area contributed by atoms with Gasteiger partial charge in [-0.2, -0.15) is 0 Å². The number of hydrogen-bond acceptors (Lipinski definition) is 2. The van der Waals surface area contributed by atoms with Crippen molar-refractivity contribution in [3.63, 3.8) is 0 Å². The van der Waals surface area contributed by atoms with E-state index in [0.717, 1.165) is 15.8 Å². The van der Waals surface area contributed by atoms with Crippen LogP contribution in [0.2, 0.25) is 0 Å². The van der Waals surface area contributed by atoms with Crippen LogP contribution < -0.4 is 11.5 Å². The van der Waals surface area contributed by atoms with Crippen molar-refractivity contribution in [2.75, 3.05) is 11.5 Å². The third-order valence-corrected chi connectivity index (χ3v) is 7.58. The maximum Gasteiger partial charge on any atom is 0.0384 e. The van der Waals surface area contributed by atoms with E-state index in [4.69, 9.17) is 11.5 Å². The number of hydrogen-bond donors (Lipinski definition) is 2. The minimum atomic E-state index is 0.348. The molecule has 0 aliphatic heterocycles. The number of rotatable bonds is 6. The third-order valence-electron chi connectivity index (χ3n) is 6.92. The second kappa shape index (κ2) is 10.2. The van der Waals surface area contributed by atoms with Crippen LogP contribution in [0.25, 0.3) is 22.3 Å². The van der Waals surface area contributed by atoms with Gasteiger partial charge in [0.1, 0.15) is 0 Å². The molecule has 3 aromatic carbocycles. The summed E-state index contributed by atoms with van der Waals surface area (Å²) in [5.74, 6) is 1.40. The molecule has 3 rings (SSSR count). The van der Waals surface area contributed by atoms with Crippen molar-refractivity contribution in [1.29, 1.82) is 0 Å². The number of halogens is 1. The SMILES string of the molecule is Cc1ccc(Br)c(-c2cc(C(C)C)c(N)c(C(C)C)c2)c1-c1cc(C(C)C)c(N)c(C(C)C)c1. The molecular weight excluding hydrogens is 480 g/mol. The van der Waals surface area contributed by atoms with Crippen molar-refractivity contribution < 1.29 is 0 Å². The van der Waals surface area contributed by atoms with Crippen LogP contribution >= 0.6 is 15.9 Å².